The van der Waals surface area contributed by atoms with Crippen LogP contribution in [0.4, 0.5) is 0 Å². The van der Waals surface area contributed by atoms with E-state index in [4.69, 9.17) is 0 Å². The number of hydrogen-bond donors (Lipinski definition) is 2. The fourth-order valence-corrected chi connectivity index (χ4v) is 2.92. The normalized spacial score (nSPS) is 13.3. The third-order valence-electron chi connectivity index (χ3n) is 3.35. The molecule has 0 aromatic heterocycles. The molecule has 0 aliphatic rings. The summed E-state index contributed by atoms with van der Waals surface area (Å²) in [6.45, 7) is 1.95. The van der Waals surface area contributed by atoms with Crippen LogP contribution in [0.15, 0.2) is 60.0 Å². The summed E-state index contributed by atoms with van der Waals surface area (Å²) >= 11 is 0. The van der Waals surface area contributed by atoms with Gasteiger partial charge >= 0.3 is 0 Å². The Bertz CT molecular complexity index is 738. The number of aliphatic hydroxyl groups is 1. The Morgan fingerprint density at radius 1 is 1.09 bits per heavy atom. The smallest absolute Gasteiger partial charge is 0.233 e. The van der Waals surface area contributed by atoms with Crippen molar-refractivity contribution in [3.8, 4) is 0 Å². The first-order chi connectivity index (χ1) is 10.9. The van der Waals surface area contributed by atoms with Gasteiger partial charge in [-0.25, -0.2) is 13.1 Å². The van der Waals surface area contributed by atoms with Crippen LogP contribution in [0.25, 0.3) is 6.08 Å². The molecule has 0 spiro atoms. The molecule has 23 heavy (non-hydrogen) atoms. The second-order valence-corrected chi connectivity index (χ2v) is 7.10. The molecule has 4 nitrogen and oxygen atoms in total. The number of rotatable bonds is 7. The molecule has 2 rings (SSSR count). The van der Waals surface area contributed by atoms with E-state index in [1.807, 2.05) is 61.5 Å². The fourth-order valence-electron chi connectivity index (χ4n) is 2.06. The lowest BCUT2D eigenvalue weighted by Gasteiger charge is -2.11. The minimum atomic E-state index is -3.57. The van der Waals surface area contributed by atoms with E-state index in [1.165, 1.54) is 6.08 Å². The number of sulfonamides is 1. The first kappa shape index (κ1) is 17.4. The van der Waals surface area contributed by atoms with Gasteiger partial charge in [-0.3, -0.25) is 0 Å². The van der Waals surface area contributed by atoms with Gasteiger partial charge in [-0.15, -0.1) is 0 Å². The van der Waals surface area contributed by atoms with Gasteiger partial charge in [0.1, 0.15) is 0 Å². The van der Waals surface area contributed by atoms with Crippen molar-refractivity contribution in [1.29, 1.82) is 0 Å². The molecule has 5 heteroatoms. The Kier molecular flexibility index (Phi) is 6.10. The summed E-state index contributed by atoms with van der Waals surface area (Å²) in [5.74, 6) is 0. The summed E-state index contributed by atoms with van der Waals surface area (Å²) in [5.41, 5.74) is 2.90. The van der Waals surface area contributed by atoms with Crippen LogP contribution in [0.3, 0.4) is 0 Å². The number of nitrogens with one attached hydrogen (secondary N) is 1. The molecule has 0 saturated carbocycles. The topological polar surface area (TPSA) is 66.4 Å². The molecule has 1 unspecified atom stereocenters. The molecule has 0 saturated heterocycles. The van der Waals surface area contributed by atoms with Crippen LogP contribution in [0.5, 0.6) is 0 Å². The molecule has 1 atom stereocenters. The first-order valence-electron chi connectivity index (χ1n) is 7.41. The van der Waals surface area contributed by atoms with Gasteiger partial charge in [0.15, 0.2) is 0 Å². The highest BCUT2D eigenvalue weighted by molar-refractivity contribution is 7.92. The average molecular weight is 331 g/mol. The van der Waals surface area contributed by atoms with Gasteiger partial charge in [0.2, 0.25) is 10.0 Å². The SMILES string of the molecule is Cc1ccc(/C=C/S(=O)(=O)NCC(O)Cc2ccccc2)cc1. The molecular weight excluding hydrogens is 310 g/mol. The average Bonchev–Trinajstić information content (AvgIpc) is 2.54. The van der Waals surface area contributed by atoms with E-state index in [2.05, 4.69) is 4.72 Å². The van der Waals surface area contributed by atoms with Crippen LogP contribution >= 0.6 is 0 Å². The Balaban J connectivity index is 1.87. The standard InChI is InChI=1S/C18H21NO3S/c1-15-7-9-16(10-8-15)11-12-23(21,22)19-14-18(20)13-17-5-3-2-4-6-17/h2-12,18-20H,13-14H2,1H3/b12-11+. The first-order valence-corrected chi connectivity index (χ1v) is 8.96. The highest BCUT2D eigenvalue weighted by Gasteiger charge is 2.10. The van der Waals surface area contributed by atoms with Crippen LogP contribution in [0.2, 0.25) is 0 Å². The highest BCUT2D eigenvalue weighted by atomic mass is 32.2. The van der Waals surface area contributed by atoms with Gasteiger partial charge in [0, 0.05) is 12.0 Å². The quantitative estimate of drug-likeness (QED) is 0.819. The second kappa shape index (κ2) is 8.06. The maximum absolute atomic E-state index is 11.9. The van der Waals surface area contributed by atoms with E-state index in [0.29, 0.717) is 6.42 Å². The Morgan fingerprint density at radius 2 is 1.74 bits per heavy atom. The number of aliphatic hydroxyl groups excluding tert-OH is 1. The van der Waals surface area contributed by atoms with E-state index in [9.17, 15) is 13.5 Å². The van der Waals surface area contributed by atoms with Crippen molar-refractivity contribution in [1.82, 2.24) is 4.72 Å². The van der Waals surface area contributed by atoms with Crippen LogP contribution in [0, 0.1) is 6.92 Å². The zero-order valence-corrected chi connectivity index (χ0v) is 13.8. The molecule has 2 aromatic carbocycles. The van der Waals surface area contributed by atoms with Crippen LogP contribution in [-0.4, -0.2) is 26.2 Å². The van der Waals surface area contributed by atoms with E-state index in [-0.39, 0.29) is 6.54 Å². The van der Waals surface area contributed by atoms with Crippen molar-refractivity contribution in [2.75, 3.05) is 6.54 Å². The number of aryl methyl sites for hydroxylation is 1. The molecule has 2 aromatic rings. The van der Waals surface area contributed by atoms with Crippen molar-refractivity contribution in [3.63, 3.8) is 0 Å². The highest BCUT2D eigenvalue weighted by Crippen LogP contribution is 2.06. The summed E-state index contributed by atoms with van der Waals surface area (Å²) < 4.78 is 26.2. The molecule has 122 valence electrons. The minimum absolute atomic E-state index is 0.0184. The molecule has 0 amide bonds. The maximum Gasteiger partial charge on any atom is 0.233 e. The Morgan fingerprint density at radius 3 is 2.39 bits per heavy atom. The summed E-state index contributed by atoms with van der Waals surface area (Å²) in [4.78, 5) is 0. The van der Waals surface area contributed by atoms with Gasteiger partial charge in [-0.1, -0.05) is 60.2 Å². The predicted octanol–water partition coefficient (Wildman–Crippen LogP) is 2.49. The van der Waals surface area contributed by atoms with Gasteiger partial charge in [-0.2, -0.15) is 0 Å². The molecule has 0 bridgehead atoms. The minimum Gasteiger partial charge on any atom is -0.391 e. The second-order valence-electron chi connectivity index (χ2n) is 5.45. The van der Waals surface area contributed by atoms with Gasteiger partial charge in [-0.05, 0) is 30.5 Å². The van der Waals surface area contributed by atoms with Crippen molar-refractivity contribution in [2.45, 2.75) is 19.4 Å². The molecule has 0 aliphatic carbocycles. The van der Waals surface area contributed by atoms with Crippen molar-refractivity contribution < 1.29 is 13.5 Å². The number of benzene rings is 2. The largest absolute Gasteiger partial charge is 0.391 e. The molecule has 0 heterocycles. The summed E-state index contributed by atoms with van der Waals surface area (Å²) in [5, 5.41) is 11.0. The Labute approximate surface area is 137 Å². The van der Waals surface area contributed by atoms with E-state index >= 15 is 0 Å². The molecule has 0 aliphatic heterocycles. The third kappa shape index (κ3) is 6.36. The lowest BCUT2D eigenvalue weighted by molar-refractivity contribution is 0.179. The lowest BCUT2D eigenvalue weighted by Crippen LogP contribution is -2.32. The van der Waals surface area contributed by atoms with Crippen molar-refractivity contribution in [2.24, 2.45) is 0 Å². The molecule has 2 N–H and O–H groups in total. The molecule has 0 fully saturated rings. The van der Waals surface area contributed by atoms with Crippen molar-refractivity contribution >= 4 is 16.1 Å². The number of hydrogen-bond acceptors (Lipinski definition) is 3. The Hall–Kier alpha value is -1.95. The summed E-state index contributed by atoms with van der Waals surface area (Å²) in [7, 11) is -3.57. The molecular formula is C18H21NO3S. The van der Waals surface area contributed by atoms with Gasteiger partial charge < -0.3 is 5.11 Å². The van der Waals surface area contributed by atoms with Gasteiger partial charge in [0.25, 0.3) is 0 Å². The van der Waals surface area contributed by atoms with Crippen LogP contribution < -0.4 is 4.72 Å². The monoisotopic (exact) mass is 331 g/mol. The third-order valence-corrected chi connectivity index (χ3v) is 4.41. The predicted molar refractivity (Wildman–Crippen MR) is 93.3 cm³/mol. The van der Waals surface area contributed by atoms with E-state index in [0.717, 1.165) is 22.1 Å². The summed E-state index contributed by atoms with van der Waals surface area (Å²) in [6, 6.07) is 17.0. The van der Waals surface area contributed by atoms with Crippen molar-refractivity contribution in [3.05, 3.63) is 76.7 Å². The lowest BCUT2D eigenvalue weighted by atomic mass is 10.1. The zero-order valence-electron chi connectivity index (χ0n) is 13.0. The maximum atomic E-state index is 11.9. The van der Waals surface area contributed by atoms with Gasteiger partial charge in [0.05, 0.1) is 6.10 Å². The van der Waals surface area contributed by atoms with E-state index in [1.54, 1.807) is 0 Å². The molecule has 0 radical (unpaired) electrons. The van der Waals surface area contributed by atoms with Crippen LogP contribution in [0.1, 0.15) is 16.7 Å². The fraction of sp³-hybridized carbons (Fsp3) is 0.222. The zero-order chi connectivity index (χ0) is 16.7. The van der Waals surface area contributed by atoms with E-state index < -0.39 is 16.1 Å². The summed E-state index contributed by atoms with van der Waals surface area (Å²) in [6.07, 6.45) is 1.18. The van der Waals surface area contributed by atoms with Crippen LogP contribution in [-0.2, 0) is 16.4 Å².